The van der Waals surface area contributed by atoms with Gasteiger partial charge in [0.25, 0.3) is 0 Å². The lowest BCUT2D eigenvalue weighted by molar-refractivity contribution is -0.0489. The molecule has 6 nitrogen and oxygen atoms in total. The van der Waals surface area contributed by atoms with Crippen molar-refractivity contribution in [2.24, 2.45) is 0 Å². The van der Waals surface area contributed by atoms with Crippen LogP contribution >= 0.6 is 0 Å². The molecular weight excluding hydrogens is 320 g/mol. The van der Waals surface area contributed by atoms with Crippen molar-refractivity contribution < 1.29 is 23.4 Å². The largest absolute Gasteiger partial charge is 0.432 e. The SMILES string of the molecule is O=C(Nc1ccc(OC(F)F)c2ncccc12)N1CCC[C@@H](O)C1. The lowest BCUT2D eigenvalue weighted by atomic mass is 10.1. The number of aliphatic hydroxyl groups excluding tert-OH is 1. The lowest BCUT2D eigenvalue weighted by Crippen LogP contribution is -2.44. The number of rotatable bonds is 3. The zero-order chi connectivity index (χ0) is 17.1. The number of pyridine rings is 1. The van der Waals surface area contributed by atoms with Crippen LogP contribution in [-0.2, 0) is 0 Å². The van der Waals surface area contributed by atoms with E-state index in [0.717, 1.165) is 6.42 Å². The fourth-order valence-corrected chi connectivity index (χ4v) is 2.78. The zero-order valence-electron chi connectivity index (χ0n) is 12.8. The Morgan fingerprint density at radius 2 is 2.25 bits per heavy atom. The molecule has 2 aromatic rings. The van der Waals surface area contributed by atoms with Crippen LogP contribution in [0.5, 0.6) is 5.75 Å². The number of benzene rings is 1. The summed E-state index contributed by atoms with van der Waals surface area (Å²) in [4.78, 5) is 17.9. The second-order valence-electron chi connectivity index (χ2n) is 5.56. The minimum absolute atomic E-state index is 0.0491. The van der Waals surface area contributed by atoms with Crippen LogP contribution in [0.15, 0.2) is 30.5 Å². The van der Waals surface area contributed by atoms with E-state index in [1.165, 1.54) is 23.2 Å². The van der Waals surface area contributed by atoms with Crippen molar-refractivity contribution in [3.8, 4) is 5.75 Å². The highest BCUT2D eigenvalue weighted by Crippen LogP contribution is 2.31. The van der Waals surface area contributed by atoms with Gasteiger partial charge in [0.05, 0.1) is 11.8 Å². The lowest BCUT2D eigenvalue weighted by Gasteiger charge is -2.30. The number of amides is 2. The molecule has 2 amide bonds. The van der Waals surface area contributed by atoms with Crippen LogP contribution in [0.4, 0.5) is 19.3 Å². The molecule has 1 aliphatic rings. The number of carbonyl (C=O) groups excluding carboxylic acids is 1. The Hall–Kier alpha value is -2.48. The molecule has 24 heavy (non-hydrogen) atoms. The van der Waals surface area contributed by atoms with Gasteiger partial charge in [-0.05, 0) is 37.1 Å². The number of carbonyl (C=O) groups is 1. The summed E-state index contributed by atoms with van der Waals surface area (Å²) in [6.45, 7) is -2.12. The molecule has 1 aromatic heterocycles. The van der Waals surface area contributed by atoms with Crippen molar-refractivity contribution in [3.63, 3.8) is 0 Å². The van der Waals surface area contributed by atoms with Gasteiger partial charge in [0.2, 0.25) is 0 Å². The number of urea groups is 1. The standard InChI is InChI=1S/C16H17F2N3O3/c17-15(18)24-13-6-5-12(11-4-1-7-19-14(11)13)20-16(23)21-8-2-3-10(22)9-21/h1,4-7,10,15,22H,2-3,8-9H2,(H,20,23)/t10-/m1/s1. The maximum atomic E-state index is 12.5. The predicted octanol–water partition coefficient (Wildman–Crippen LogP) is 2.82. The van der Waals surface area contributed by atoms with E-state index >= 15 is 0 Å². The number of fused-ring (bicyclic) bond motifs is 1. The first-order valence-electron chi connectivity index (χ1n) is 7.61. The minimum atomic E-state index is -2.95. The van der Waals surface area contributed by atoms with Crippen molar-refractivity contribution in [2.45, 2.75) is 25.6 Å². The number of piperidine rings is 1. The number of hydrogen-bond donors (Lipinski definition) is 2. The number of ether oxygens (including phenoxy) is 1. The average Bonchev–Trinajstić information content (AvgIpc) is 2.56. The molecule has 1 fully saturated rings. The Morgan fingerprint density at radius 1 is 1.42 bits per heavy atom. The Bertz CT molecular complexity index is 742. The van der Waals surface area contributed by atoms with Gasteiger partial charge in [-0.15, -0.1) is 0 Å². The fraction of sp³-hybridized carbons (Fsp3) is 0.375. The van der Waals surface area contributed by atoms with E-state index in [1.807, 2.05) is 0 Å². The summed E-state index contributed by atoms with van der Waals surface area (Å²) >= 11 is 0. The molecule has 1 atom stereocenters. The topological polar surface area (TPSA) is 74.7 Å². The third kappa shape index (κ3) is 3.53. The van der Waals surface area contributed by atoms with Crippen LogP contribution in [0.1, 0.15) is 12.8 Å². The number of likely N-dealkylation sites (tertiary alicyclic amines) is 1. The smallest absolute Gasteiger partial charge is 0.387 e. The van der Waals surface area contributed by atoms with Crippen LogP contribution in [0.25, 0.3) is 10.9 Å². The summed E-state index contributed by atoms with van der Waals surface area (Å²) in [5, 5.41) is 12.9. The van der Waals surface area contributed by atoms with Crippen molar-refractivity contribution in [1.82, 2.24) is 9.88 Å². The van der Waals surface area contributed by atoms with Gasteiger partial charge >= 0.3 is 12.6 Å². The first kappa shape index (κ1) is 16.4. The Labute approximate surface area is 137 Å². The van der Waals surface area contributed by atoms with Gasteiger partial charge in [-0.25, -0.2) is 4.79 Å². The average molecular weight is 337 g/mol. The molecule has 1 aliphatic heterocycles. The van der Waals surface area contributed by atoms with Gasteiger partial charge < -0.3 is 20.1 Å². The third-order valence-electron chi connectivity index (χ3n) is 3.87. The van der Waals surface area contributed by atoms with E-state index in [0.29, 0.717) is 24.0 Å². The normalized spacial score (nSPS) is 18.0. The van der Waals surface area contributed by atoms with Gasteiger partial charge in [-0.1, -0.05) is 0 Å². The van der Waals surface area contributed by atoms with Crippen LogP contribution in [0, 0.1) is 0 Å². The van der Waals surface area contributed by atoms with Crippen molar-refractivity contribution in [3.05, 3.63) is 30.5 Å². The quantitative estimate of drug-likeness (QED) is 0.903. The highest BCUT2D eigenvalue weighted by atomic mass is 19.3. The summed E-state index contributed by atoms with van der Waals surface area (Å²) in [7, 11) is 0. The summed E-state index contributed by atoms with van der Waals surface area (Å²) < 4.78 is 29.4. The number of halogens is 2. The number of aliphatic hydroxyl groups is 1. The Balaban J connectivity index is 1.86. The third-order valence-corrected chi connectivity index (χ3v) is 3.87. The molecule has 0 aliphatic carbocycles. The maximum absolute atomic E-state index is 12.5. The molecule has 1 saturated heterocycles. The van der Waals surface area contributed by atoms with Crippen molar-refractivity contribution in [2.75, 3.05) is 18.4 Å². The van der Waals surface area contributed by atoms with Gasteiger partial charge in [0.1, 0.15) is 5.52 Å². The van der Waals surface area contributed by atoms with Gasteiger partial charge in [-0.2, -0.15) is 8.78 Å². The Kier molecular flexibility index (Phi) is 4.75. The maximum Gasteiger partial charge on any atom is 0.387 e. The van der Waals surface area contributed by atoms with Crippen LogP contribution in [0.2, 0.25) is 0 Å². The van der Waals surface area contributed by atoms with E-state index in [9.17, 15) is 18.7 Å². The summed E-state index contributed by atoms with van der Waals surface area (Å²) in [6.07, 6.45) is 2.35. The monoisotopic (exact) mass is 337 g/mol. The molecule has 0 spiro atoms. The predicted molar refractivity (Wildman–Crippen MR) is 84.2 cm³/mol. The highest BCUT2D eigenvalue weighted by Gasteiger charge is 2.23. The van der Waals surface area contributed by atoms with E-state index in [2.05, 4.69) is 15.0 Å². The van der Waals surface area contributed by atoms with E-state index in [1.54, 1.807) is 12.1 Å². The van der Waals surface area contributed by atoms with Crippen molar-refractivity contribution >= 4 is 22.6 Å². The molecule has 3 rings (SSSR count). The van der Waals surface area contributed by atoms with E-state index < -0.39 is 12.7 Å². The summed E-state index contributed by atoms with van der Waals surface area (Å²) in [6, 6.07) is 5.82. The second kappa shape index (κ2) is 6.96. The molecule has 0 bridgehead atoms. The number of β-amino-alcohol motifs (C(OH)–C–C–N with tert-alkyl or cyclic N) is 1. The van der Waals surface area contributed by atoms with Gasteiger partial charge in [0.15, 0.2) is 5.75 Å². The highest BCUT2D eigenvalue weighted by molar-refractivity contribution is 6.02. The number of alkyl halides is 2. The molecular formula is C16H17F2N3O3. The molecule has 8 heteroatoms. The molecule has 1 aromatic carbocycles. The number of nitrogens with zero attached hydrogens (tertiary/aromatic N) is 2. The second-order valence-corrected chi connectivity index (χ2v) is 5.56. The number of anilines is 1. The first-order valence-corrected chi connectivity index (χ1v) is 7.61. The number of hydrogen-bond acceptors (Lipinski definition) is 4. The zero-order valence-corrected chi connectivity index (χ0v) is 12.8. The van der Waals surface area contributed by atoms with E-state index in [4.69, 9.17) is 0 Å². The first-order chi connectivity index (χ1) is 11.5. The van der Waals surface area contributed by atoms with Crippen LogP contribution < -0.4 is 10.1 Å². The van der Waals surface area contributed by atoms with Crippen LogP contribution in [-0.4, -0.2) is 46.8 Å². The summed E-state index contributed by atoms with van der Waals surface area (Å²) in [5.74, 6) is -0.0491. The fourth-order valence-electron chi connectivity index (χ4n) is 2.78. The molecule has 0 radical (unpaired) electrons. The number of nitrogens with one attached hydrogen (secondary N) is 1. The summed E-state index contributed by atoms with van der Waals surface area (Å²) in [5.41, 5.74) is 0.694. The minimum Gasteiger partial charge on any atom is -0.432 e. The Morgan fingerprint density at radius 3 is 3.00 bits per heavy atom. The molecule has 0 unspecified atom stereocenters. The van der Waals surface area contributed by atoms with Gasteiger partial charge in [0, 0.05) is 24.7 Å². The molecule has 2 N–H and O–H groups in total. The van der Waals surface area contributed by atoms with Crippen LogP contribution in [0.3, 0.4) is 0 Å². The van der Waals surface area contributed by atoms with Gasteiger partial charge in [-0.3, -0.25) is 4.98 Å². The molecule has 0 saturated carbocycles. The molecule has 2 heterocycles. The number of aromatic nitrogens is 1. The van der Waals surface area contributed by atoms with Crippen molar-refractivity contribution in [1.29, 1.82) is 0 Å². The molecule has 128 valence electrons. The van der Waals surface area contributed by atoms with E-state index in [-0.39, 0.29) is 23.8 Å².